The maximum atomic E-state index is 12.3. The van der Waals surface area contributed by atoms with Crippen LogP contribution in [0.25, 0.3) is 0 Å². The standard InChI is InChI=1S/C13H12BrNO4S2/c1-19-13(16)10-4-2-3-5-11(10)21(17,18)15-8-9-6-7-12(14)20-9/h2-7,15H,8H2,1H3. The third-order valence-corrected chi connectivity index (χ3v) is 5.73. The SMILES string of the molecule is COC(=O)c1ccccc1S(=O)(=O)NCc1ccc(Br)s1. The number of nitrogens with one attached hydrogen (secondary N) is 1. The van der Waals surface area contributed by atoms with Crippen molar-refractivity contribution in [1.29, 1.82) is 0 Å². The first kappa shape index (κ1) is 16.2. The first-order valence-electron chi connectivity index (χ1n) is 5.85. The molecule has 112 valence electrons. The van der Waals surface area contributed by atoms with E-state index in [1.165, 1.54) is 30.6 Å². The molecule has 5 nitrogen and oxygen atoms in total. The number of thiophene rings is 1. The van der Waals surface area contributed by atoms with Crippen molar-refractivity contribution < 1.29 is 17.9 Å². The summed E-state index contributed by atoms with van der Waals surface area (Å²) in [5.74, 6) is -0.685. The van der Waals surface area contributed by atoms with E-state index in [0.29, 0.717) is 0 Å². The summed E-state index contributed by atoms with van der Waals surface area (Å²) in [6.45, 7) is 0.161. The molecule has 1 aromatic heterocycles. The molecule has 0 aliphatic heterocycles. The molecule has 0 fully saturated rings. The van der Waals surface area contributed by atoms with Crippen molar-refractivity contribution in [2.45, 2.75) is 11.4 Å². The largest absolute Gasteiger partial charge is 0.465 e. The predicted octanol–water partition coefficient (Wildman–Crippen LogP) is 2.78. The third kappa shape index (κ3) is 3.91. The zero-order valence-electron chi connectivity index (χ0n) is 11.0. The molecule has 1 N–H and O–H groups in total. The number of ether oxygens (including phenoxy) is 1. The Morgan fingerprint density at radius 2 is 2.00 bits per heavy atom. The Balaban J connectivity index is 2.25. The van der Waals surface area contributed by atoms with Crippen LogP contribution in [0, 0.1) is 0 Å². The molecule has 0 spiro atoms. The number of carbonyl (C=O) groups excluding carboxylic acids is 1. The molecule has 1 heterocycles. The molecule has 0 aliphatic carbocycles. The van der Waals surface area contributed by atoms with Crippen molar-refractivity contribution in [3.05, 3.63) is 50.6 Å². The van der Waals surface area contributed by atoms with E-state index in [1.807, 2.05) is 12.1 Å². The van der Waals surface area contributed by atoms with Gasteiger partial charge in [0.15, 0.2) is 0 Å². The Bertz CT molecular complexity index is 755. The second kappa shape index (κ2) is 6.69. The van der Waals surface area contributed by atoms with Gasteiger partial charge >= 0.3 is 5.97 Å². The second-order valence-corrected chi connectivity index (χ2v) is 8.30. The van der Waals surface area contributed by atoms with Gasteiger partial charge in [0.05, 0.1) is 21.4 Å². The smallest absolute Gasteiger partial charge is 0.339 e. The number of esters is 1. The molecule has 0 saturated carbocycles. The Labute approximate surface area is 135 Å². The highest BCUT2D eigenvalue weighted by Gasteiger charge is 2.22. The fourth-order valence-electron chi connectivity index (χ4n) is 1.67. The zero-order chi connectivity index (χ0) is 15.5. The number of halogens is 1. The van der Waals surface area contributed by atoms with Crippen LogP contribution in [-0.4, -0.2) is 21.5 Å². The molecular weight excluding hydrogens is 378 g/mol. The lowest BCUT2D eigenvalue weighted by Gasteiger charge is -2.09. The fourth-order valence-corrected chi connectivity index (χ4v) is 4.38. The number of methoxy groups -OCH3 is 1. The van der Waals surface area contributed by atoms with Crippen LogP contribution >= 0.6 is 27.3 Å². The van der Waals surface area contributed by atoms with E-state index >= 15 is 0 Å². The highest BCUT2D eigenvalue weighted by atomic mass is 79.9. The number of hydrogen-bond donors (Lipinski definition) is 1. The number of rotatable bonds is 5. The lowest BCUT2D eigenvalue weighted by molar-refractivity contribution is 0.0596. The van der Waals surface area contributed by atoms with Gasteiger partial charge in [0.1, 0.15) is 0 Å². The summed E-state index contributed by atoms with van der Waals surface area (Å²) >= 11 is 4.75. The first-order chi connectivity index (χ1) is 9.94. The van der Waals surface area contributed by atoms with Crippen LogP contribution in [0.4, 0.5) is 0 Å². The molecule has 0 atom stereocenters. The van der Waals surface area contributed by atoms with Crippen molar-refractivity contribution in [1.82, 2.24) is 4.72 Å². The molecule has 1 aromatic carbocycles. The van der Waals surface area contributed by atoms with Crippen LogP contribution in [0.1, 0.15) is 15.2 Å². The van der Waals surface area contributed by atoms with Crippen molar-refractivity contribution in [2.24, 2.45) is 0 Å². The molecule has 2 rings (SSSR count). The van der Waals surface area contributed by atoms with Crippen LogP contribution < -0.4 is 4.72 Å². The van der Waals surface area contributed by atoms with Crippen LogP contribution in [-0.2, 0) is 21.3 Å². The predicted molar refractivity (Wildman–Crippen MR) is 83.8 cm³/mol. The van der Waals surface area contributed by atoms with Gasteiger partial charge in [-0.3, -0.25) is 0 Å². The highest BCUT2D eigenvalue weighted by molar-refractivity contribution is 9.11. The van der Waals surface area contributed by atoms with Crippen molar-refractivity contribution in [2.75, 3.05) is 7.11 Å². The molecule has 21 heavy (non-hydrogen) atoms. The van der Waals surface area contributed by atoms with Gasteiger partial charge in [-0.2, -0.15) is 0 Å². The Morgan fingerprint density at radius 3 is 2.62 bits per heavy atom. The van der Waals surface area contributed by atoms with Gasteiger partial charge < -0.3 is 4.74 Å². The topological polar surface area (TPSA) is 72.5 Å². The normalized spacial score (nSPS) is 11.3. The molecule has 0 saturated heterocycles. The first-order valence-corrected chi connectivity index (χ1v) is 8.94. The summed E-state index contributed by atoms with van der Waals surface area (Å²) < 4.78 is 32.7. The van der Waals surface area contributed by atoms with E-state index < -0.39 is 16.0 Å². The summed E-state index contributed by atoms with van der Waals surface area (Å²) in [4.78, 5) is 12.4. The second-order valence-electron chi connectivity index (χ2n) is 4.02. The Kier molecular flexibility index (Phi) is 5.15. The maximum absolute atomic E-state index is 12.3. The minimum Gasteiger partial charge on any atom is -0.465 e. The number of benzene rings is 1. The van der Waals surface area contributed by atoms with Gasteiger partial charge in [-0.1, -0.05) is 12.1 Å². The molecule has 0 unspecified atom stereocenters. The van der Waals surface area contributed by atoms with E-state index in [0.717, 1.165) is 8.66 Å². The van der Waals surface area contributed by atoms with Gasteiger partial charge in [0.25, 0.3) is 0 Å². The van der Waals surface area contributed by atoms with Gasteiger partial charge in [-0.25, -0.2) is 17.9 Å². The summed E-state index contributed by atoms with van der Waals surface area (Å²) in [7, 11) is -2.58. The lowest BCUT2D eigenvalue weighted by Crippen LogP contribution is -2.25. The highest BCUT2D eigenvalue weighted by Crippen LogP contribution is 2.23. The molecule has 0 amide bonds. The summed E-state index contributed by atoms with van der Waals surface area (Å²) in [5.41, 5.74) is 0.0138. The molecule has 0 aliphatic rings. The number of sulfonamides is 1. The Morgan fingerprint density at radius 1 is 1.29 bits per heavy atom. The average molecular weight is 390 g/mol. The summed E-state index contributed by atoms with van der Waals surface area (Å²) in [6.07, 6.45) is 0. The van der Waals surface area contributed by atoms with Crippen molar-refractivity contribution in [3.8, 4) is 0 Å². The summed E-state index contributed by atoms with van der Waals surface area (Å²) in [6, 6.07) is 9.60. The van der Waals surface area contributed by atoms with Crippen molar-refractivity contribution >= 4 is 43.3 Å². The van der Waals surface area contributed by atoms with E-state index in [4.69, 9.17) is 0 Å². The van der Waals surface area contributed by atoms with Gasteiger partial charge in [0, 0.05) is 11.4 Å². The minimum atomic E-state index is -3.79. The third-order valence-electron chi connectivity index (χ3n) is 2.65. The van der Waals surface area contributed by atoms with E-state index in [2.05, 4.69) is 25.4 Å². The van der Waals surface area contributed by atoms with Crippen molar-refractivity contribution in [3.63, 3.8) is 0 Å². The molecular formula is C13H12BrNO4S2. The van der Waals surface area contributed by atoms with Crippen LogP contribution in [0.15, 0.2) is 45.1 Å². The Hall–Kier alpha value is -1.22. The minimum absolute atomic E-state index is 0.0138. The molecule has 8 heteroatoms. The number of carbonyl (C=O) groups is 1. The zero-order valence-corrected chi connectivity index (χ0v) is 14.2. The van der Waals surface area contributed by atoms with Gasteiger partial charge in [-0.15, -0.1) is 11.3 Å². The number of hydrogen-bond acceptors (Lipinski definition) is 5. The van der Waals surface area contributed by atoms with Gasteiger partial charge in [-0.05, 0) is 40.2 Å². The maximum Gasteiger partial charge on any atom is 0.339 e. The lowest BCUT2D eigenvalue weighted by atomic mass is 10.2. The van der Waals surface area contributed by atoms with E-state index in [1.54, 1.807) is 12.1 Å². The molecule has 0 radical (unpaired) electrons. The van der Waals surface area contributed by atoms with E-state index in [9.17, 15) is 13.2 Å². The summed E-state index contributed by atoms with van der Waals surface area (Å²) in [5, 5.41) is 0. The fraction of sp³-hybridized carbons (Fsp3) is 0.154. The van der Waals surface area contributed by atoms with Crippen LogP contribution in [0.5, 0.6) is 0 Å². The monoisotopic (exact) mass is 389 g/mol. The average Bonchev–Trinajstić information content (AvgIpc) is 2.90. The quantitative estimate of drug-likeness (QED) is 0.797. The molecule has 0 bridgehead atoms. The molecule has 2 aromatic rings. The van der Waals surface area contributed by atoms with Crippen LogP contribution in [0.3, 0.4) is 0 Å². The van der Waals surface area contributed by atoms with Crippen LogP contribution in [0.2, 0.25) is 0 Å². The van der Waals surface area contributed by atoms with E-state index in [-0.39, 0.29) is 17.0 Å². The van der Waals surface area contributed by atoms with Gasteiger partial charge in [0.2, 0.25) is 10.0 Å².